The monoisotopic (exact) mass is 427 g/mol. The second-order valence-corrected chi connectivity index (χ2v) is 9.61. The van der Waals surface area contributed by atoms with Crippen LogP contribution in [0.3, 0.4) is 0 Å². The lowest BCUT2D eigenvalue weighted by Crippen LogP contribution is -2.43. The summed E-state index contributed by atoms with van der Waals surface area (Å²) in [6.07, 6.45) is 9.47. The molecule has 3 N–H and O–H groups in total. The van der Waals surface area contributed by atoms with Crippen molar-refractivity contribution in [3.8, 4) is 12.1 Å². The lowest BCUT2D eigenvalue weighted by Gasteiger charge is -2.39. The zero-order chi connectivity index (χ0) is 22.2. The highest BCUT2D eigenvalue weighted by Gasteiger charge is 2.43. The number of hydrogen-bond acceptors (Lipinski definition) is 7. The highest BCUT2D eigenvalue weighted by molar-refractivity contribution is 5.62. The SMILES string of the molecule is N#CC1(c2cc(Nc3ccnc(N4CCCC(N)C4)n3)cc(C3(C#N)CCC3)c2)CCC1. The third-order valence-corrected chi connectivity index (χ3v) is 7.54. The lowest BCUT2D eigenvalue weighted by atomic mass is 9.62. The van der Waals surface area contributed by atoms with Crippen LogP contribution in [0, 0.1) is 22.7 Å². The van der Waals surface area contributed by atoms with Crippen molar-refractivity contribution < 1.29 is 0 Å². The molecule has 1 aromatic carbocycles. The van der Waals surface area contributed by atoms with Gasteiger partial charge in [0, 0.05) is 31.0 Å². The fourth-order valence-electron chi connectivity index (χ4n) is 5.15. The van der Waals surface area contributed by atoms with Gasteiger partial charge in [-0.2, -0.15) is 15.5 Å². The third kappa shape index (κ3) is 3.57. The van der Waals surface area contributed by atoms with Gasteiger partial charge in [0.1, 0.15) is 5.82 Å². The Hall–Kier alpha value is -3.16. The van der Waals surface area contributed by atoms with Crippen LogP contribution in [0.25, 0.3) is 0 Å². The fourth-order valence-corrected chi connectivity index (χ4v) is 5.15. The lowest BCUT2D eigenvalue weighted by molar-refractivity contribution is 0.314. The van der Waals surface area contributed by atoms with Crippen LogP contribution < -0.4 is 16.0 Å². The molecule has 1 atom stereocenters. The van der Waals surface area contributed by atoms with Crippen LogP contribution in [0.1, 0.15) is 62.5 Å². The molecule has 2 aromatic rings. The maximum Gasteiger partial charge on any atom is 0.227 e. The first kappa shape index (κ1) is 20.7. The molecule has 3 fully saturated rings. The Kier molecular flexibility index (Phi) is 5.23. The number of hydrogen-bond donors (Lipinski definition) is 2. The zero-order valence-corrected chi connectivity index (χ0v) is 18.3. The molecule has 5 rings (SSSR count). The molecule has 1 aliphatic heterocycles. The summed E-state index contributed by atoms with van der Waals surface area (Å²) in [5, 5.41) is 23.3. The van der Waals surface area contributed by atoms with Crippen LogP contribution in [0.4, 0.5) is 17.5 Å². The molecule has 164 valence electrons. The number of aromatic nitrogens is 2. The van der Waals surface area contributed by atoms with Crippen LogP contribution >= 0.6 is 0 Å². The first-order valence-corrected chi connectivity index (χ1v) is 11.7. The minimum absolute atomic E-state index is 0.150. The molecule has 2 heterocycles. The molecular formula is C25H29N7. The van der Waals surface area contributed by atoms with Gasteiger partial charge in [-0.15, -0.1) is 0 Å². The van der Waals surface area contributed by atoms with Crippen LogP contribution in [0.2, 0.25) is 0 Å². The van der Waals surface area contributed by atoms with Crippen molar-refractivity contribution in [1.82, 2.24) is 9.97 Å². The van der Waals surface area contributed by atoms with E-state index in [2.05, 4.69) is 45.5 Å². The van der Waals surface area contributed by atoms with Gasteiger partial charge in [0.15, 0.2) is 0 Å². The topological polar surface area (TPSA) is 115 Å². The van der Waals surface area contributed by atoms with E-state index in [1.165, 1.54) is 0 Å². The molecular weight excluding hydrogens is 398 g/mol. The second kappa shape index (κ2) is 8.07. The number of nitriles is 2. The second-order valence-electron chi connectivity index (χ2n) is 9.61. The molecule has 7 nitrogen and oxygen atoms in total. The van der Waals surface area contributed by atoms with E-state index in [-0.39, 0.29) is 6.04 Å². The van der Waals surface area contributed by atoms with E-state index < -0.39 is 10.8 Å². The molecule has 1 aromatic heterocycles. The molecule has 1 saturated heterocycles. The molecule has 1 unspecified atom stereocenters. The van der Waals surface area contributed by atoms with E-state index in [1.807, 2.05) is 6.07 Å². The first-order chi connectivity index (χ1) is 15.6. The maximum atomic E-state index is 9.92. The van der Waals surface area contributed by atoms with E-state index in [9.17, 15) is 10.5 Å². The number of rotatable bonds is 5. The van der Waals surface area contributed by atoms with Gasteiger partial charge in [-0.1, -0.05) is 6.07 Å². The Balaban J connectivity index is 1.48. The highest BCUT2D eigenvalue weighted by Crippen LogP contribution is 2.48. The fraction of sp³-hybridized carbons (Fsp3) is 0.520. The largest absolute Gasteiger partial charge is 0.340 e. The smallest absolute Gasteiger partial charge is 0.227 e. The molecule has 0 radical (unpaired) electrons. The normalized spacial score (nSPS) is 23.2. The number of nitrogens with one attached hydrogen (secondary N) is 1. The van der Waals surface area contributed by atoms with E-state index in [0.29, 0.717) is 11.8 Å². The number of benzene rings is 1. The minimum Gasteiger partial charge on any atom is -0.340 e. The number of anilines is 3. The van der Waals surface area contributed by atoms with Crippen LogP contribution in [0.5, 0.6) is 0 Å². The Morgan fingerprint density at radius 2 is 1.66 bits per heavy atom. The quantitative estimate of drug-likeness (QED) is 0.740. The molecule has 3 aliphatic rings. The molecule has 7 heteroatoms. The van der Waals surface area contributed by atoms with Crippen molar-refractivity contribution in [3.63, 3.8) is 0 Å². The van der Waals surface area contributed by atoms with Crippen molar-refractivity contribution in [1.29, 1.82) is 10.5 Å². The third-order valence-electron chi connectivity index (χ3n) is 7.54. The summed E-state index contributed by atoms with van der Waals surface area (Å²) >= 11 is 0. The van der Waals surface area contributed by atoms with Gasteiger partial charge in [0.25, 0.3) is 0 Å². The standard InChI is InChI=1S/C25H29N7/c26-16-24(6-2-7-24)18-12-19(25(17-27)8-3-9-25)14-21(13-18)30-22-5-10-29-23(31-22)32-11-1-4-20(28)15-32/h5,10,12-14,20H,1-4,6-9,11,15,28H2,(H,29,30,31). The predicted octanol–water partition coefficient (Wildman–Crippen LogP) is 4.04. The molecule has 0 amide bonds. The predicted molar refractivity (Wildman–Crippen MR) is 123 cm³/mol. The zero-order valence-electron chi connectivity index (χ0n) is 18.3. The van der Waals surface area contributed by atoms with Gasteiger partial charge in [0.05, 0.1) is 23.0 Å². The highest BCUT2D eigenvalue weighted by atomic mass is 15.3. The molecule has 32 heavy (non-hydrogen) atoms. The Morgan fingerprint density at radius 3 is 2.19 bits per heavy atom. The van der Waals surface area contributed by atoms with E-state index in [0.717, 1.165) is 81.3 Å². The summed E-state index contributed by atoms with van der Waals surface area (Å²) < 4.78 is 0. The number of nitrogens with zero attached hydrogens (tertiary/aromatic N) is 5. The molecule has 2 saturated carbocycles. The summed E-state index contributed by atoms with van der Waals surface area (Å²) in [5.74, 6) is 1.39. The van der Waals surface area contributed by atoms with E-state index in [4.69, 9.17) is 10.7 Å². The first-order valence-electron chi connectivity index (χ1n) is 11.7. The van der Waals surface area contributed by atoms with Gasteiger partial charge in [-0.3, -0.25) is 0 Å². The van der Waals surface area contributed by atoms with E-state index in [1.54, 1.807) is 6.20 Å². The van der Waals surface area contributed by atoms with Crippen molar-refractivity contribution in [2.75, 3.05) is 23.3 Å². The Bertz CT molecular complexity index is 1040. The average Bonchev–Trinajstić information content (AvgIpc) is 2.73. The van der Waals surface area contributed by atoms with E-state index >= 15 is 0 Å². The minimum atomic E-state index is -0.437. The van der Waals surface area contributed by atoms with Crippen LogP contribution in [-0.2, 0) is 10.8 Å². The number of piperidine rings is 1. The average molecular weight is 428 g/mol. The van der Waals surface area contributed by atoms with Gasteiger partial charge in [-0.05, 0) is 80.7 Å². The Labute approximate surface area is 189 Å². The van der Waals surface area contributed by atoms with Gasteiger partial charge < -0.3 is 16.0 Å². The van der Waals surface area contributed by atoms with Crippen molar-refractivity contribution >= 4 is 17.5 Å². The van der Waals surface area contributed by atoms with Gasteiger partial charge in [0.2, 0.25) is 5.95 Å². The maximum absolute atomic E-state index is 9.92. The molecule has 0 bridgehead atoms. The summed E-state index contributed by atoms with van der Waals surface area (Å²) in [6, 6.07) is 13.4. The number of nitrogens with two attached hydrogens (primary N) is 1. The summed E-state index contributed by atoms with van der Waals surface area (Å²) in [4.78, 5) is 11.3. The van der Waals surface area contributed by atoms with Crippen molar-refractivity contribution in [2.24, 2.45) is 5.73 Å². The molecule has 2 aliphatic carbocycles. The van der Waals surface area contributed by atoms with Gasteiger partial charge >= 0.3 is 0 Å². The summed E-state index contributed by atoms with van der Waals surface area (Å²) in [5.41, 5.74) is 8.17. The van der Waals surface area contributed by atoms with Crippen LogP contribution in [0.15, 0.2) is 30.5 Å². The summed E-state index contributed by atoms with van der Waals surface area (Å²) in [6.45, 7) is 1.67. The van der Waals surface area contributed by atoms with Crippen LogP contribution in [-0.4, -0.2) is 29.1 Å². The Morgan fingerprint density at radius 1 is 1.00 bits per heavy atom. The summed E-state index contributed by atoms with van der Waals surface area (Å²) in [7, 11) is 0. The van der Waals surface area contributed by atoms with Gasteiger partial charge in [-0.25, -0.2) is 4.98 Å². The molecule has 0 spiro atoms. The van der Waals surface area contributed by atoms with Crippen molar-refractivity contribution in [3.05, 3.63) is 41.6 Å². The van der Waals surface area contributed by atoms with Crippen molar-refractivity contribution in [2.45, 2.75) is 68.2 Å².